The number of carbonyl (C=O) groups is 1. The Morgan fingerprint density at radius 1 is 1.32 bits per heavy atom. The molecule has 1 amide bonds. The number of ether oxygens (including phenoxy) is 1. The Morgan fingerprint density at radius 2 is 2.09 bits per heavy atom. The van der Waals surface area contributed by atoms with Gasteiger partial charge in [-0.15, -0.1) is 0 Å². The minimum atomic E-state index is -0.322. The largest absolute Gasteiger partial charge is 0.497 e. The number of nitrogens with zero attached hydrogens (tertiary/aromatic N) is 2. The SMILES string of the molecule is COc1cccc(CNC(=O)c2ccc(=O)n(C(C)C)n2)c1. The average molecular weight is 301 g/mol. The summed E-state index contributed by atoms with van der Waals surface area (Å²) in [6, 6.07) is 10.1. The predicted molar refractivity (Wildman–Crippen MR) is 83.0 cm³/mol. The molecule has 1 aromatic heterocycles. The van der Waals surface area contributed by atoms with E-state index in [-0.39, 0.29) is 23.2 Å². The second kappa shape index (κ2) is 6.89. The lowest BCUT2D eigenvalue weighted by atomic mass is 10.2. The number of aromatic nitrogens is 2. The van der Waals surface area contributed by atoms with Gasteiger partial charge in [-0.3, -0.25) is 9.59 Å². The lowest BCUT2D eigenvalue weighted by molar-refractivity contribution is 0.0943. The first-order valence-electron chi connectivity index (χ1n) is 7.02. The van der Waals surface area contributed by atoms with Crippen molar-refractivity contribution in [3.8, 4) is 5.75 Å². The Bertz CT molecular complexity index is 723. The van der Waals surface area contributed by atoms with E-state index in [0.29, 0.717) is 6.54 Å². The van der Waals surface area contributed by atoms with Crippen LogP contribution in [0.2, 0.25) is 0 Å². The minimum Gasteiger partial charge on any atom is -0.497 e. The number of methoxy groups -OCH3 is 1. The number of benzene rings is 1. The molecule has 22 heavy (non-hydrogen) atoms. The minimum absolute atomic E-state index is 0.0985. The van der Waals surface area contributed by atoms with Crippen molar-refractivity contribution in [3.05, 3.63) is 58.0 Å². The summed E-state index contributed by atoms with van der Waals surface area (Å²) < 4.78 is 6.43. The molecule has 0 saturated heterocycles. The summed E-state index contributed by atoms with van der Waals surface area (Å²) in [7, 11) is 1.59. The molecule has 1 N–H and O–H groups in total. The van der Waals surface area contributed by atoms with Crippen LogP contribution in [0.15, 0.2) is 41.2 Å². The molecular formula is C16H19N3O3. The van der Waals surface area contributed by atoms with Crippen LogP contribution in [0.5, 0.6) is 5.75 Å². The van der Waals surface area contributed by atoms with E-state index >= 15 is 0 Å². The third kappa shape index (κ3) is 3.72. The van der Waals surface area contributed by atoms with Crippen molar-refractivity contribution < 1.29 is 9.53 Å². The third-order valence-electron chi connectivity index (χ3n) is 3.13. The van der Waals surface area contributed by atoms with Crippen molar-refractivity contribution in [1.29, 1.82) is 0 Å². The molecule has 0 saturated carbocycles. The van der Waals surface area contributed by atoms with E-state index in [1.54, 1.807) is 7.11 Å². The molecule has 0 bridgehead atoms. The molecule has 2 rings (SSSR count). The van der Waals surface area contributed by atoms with E-state index < -0.39 is 0 Å². The molecule has 0 fully saturated rings. The standard InChI is InChI=1S/C16H19N3O3/c1-11(2)19-15(20)8-7-14(18-19)16(21)17-10-12-5-4-6-13(9-12)22-3/h4-9,11H,10H2,1-3H3,(H,17,21). The van der Waals surface area contributed by atoms with E-state index in [2.05, 4.69) is 10.4 Å². The van der Waals surface area contributed by atoms with Crippen LogP contribution in [0, 0.1) is 0 Å². The zero-order chi connectivity index (χ0) is 16.1. The van der Waals surface area contributed by atoms with Crippen molar-refractivity contribution in [2.45, 2.75) is 26.4 Å². The van der Waals surface area contributed by atoms with Gasteiger partial charge in [0.25, 0.3) is 11.5 Å². The first kappa shape index (κ1) is 15.8. The summed E-state index contributed by atoms with van der Waals surface area (Å²) in [5.41, 5.74) is 0.917. The molecule has 0 aliphatic rings. The van der Waals surface area contributed by atoms with Gasteiger partial charge < -0.3 is 10.1 Å². The van der Waals surface area contributed by atoms with Crippen LogP contribution in [0.25, 0.3) is 0 Å². The molecule has 0 aliphatic carbocycles. The third-order valence-corrected chi connectivity index (χ3v) is 3.13. The second-order valence-electron chi connectivity index (χ2n) is 5.13. The highest BCUT2D eigenvalue weighted by molar-refractivity contribution is 5.91. The van der Waals surface area contributed by atoms with Gasteiger partial charge in [0, 0.05) is 12.6 Å². The summed E-state index contributed by atoms with van der Waals surface area (Å²) in [4.78, 5) is 23.8. The maximum atomic E-state index is 12.1. The lowest BCUT2D eigenvalue weighted by Crippen LogP contribution is -2.30. The zero-order valence-electron chi connectivity index (χ0n) is 12.9. The molecule has 2 aromatic rings. The highest BCUT2D eigenvalue weighted by Gasteiger charge is 2.11. The summed E-state index contributed by atoms with van der Waals surface area (Å²) >= 11 is 0. The molecule has 0 unspecified atom stereocenters. The highest BCUT2D eigenvalue weighted by Crippen LogP contribution is 2.12. The monoisotopic (exact) mass is 301 g/mol. The van der Waals surface area contributed by atoms with E-state index in [0.717, 1.165) is 11.3 Å². The molecule has 0 radical (unpaired) electrons. The van der Waals surface area contributed by atoms with Gasteiger partial charge in [0.1, 0.15) is 11.4 Å². The summed E-state index contributed by atoms with van der Waals surface area (Å²) in [5.74, 6) is 0.412. The Hall–Kier alpha value is -2.63. The normalized spacial score (nSPS) is 10.5. The first-order valence-corrected chi connectivity index (χ1v) is 7.02. The van der Waals surface area contributed by atoms with Gasteiger partial charge in [0.2, 0.25) is 0 Å². The molecule has 1 heterocycles. The fourth-order valence-electron chi connectivity index (χ4n) is 1.97. The van der Waals surface area contributed by atoms with Crippen LogP contribution in [0.4, 0.5) is 0 Å². The van der Waals surface area contributed by atoms with Gasteiger partial charge in [0.05, 0.1) is 13.2 Å². The van der Waals surface area contributed by atoms with E-state index in [1.807, 2.05) is 38.1 Å². The van der Waals surface area contributed by atoms with E-state index in [4.69, 9.17) is 4.74 Å². The molecule has 1 aromatic carbocycles. The molecule has 0 aliphatic heterocycles. The fraction of sp³-hybridized carbons (Fsp3) is 0.312. The highest BCUT2D eigenvalue weighted by atomic mass is 16.5. The van der Waals surface area contributed by atoms with Crippen molar-refractivity contribution >= 4 is 5.91 Å². The van der Waals surface area contributed by atoms with Crippen LogP contribution < -0.4 is 15.6 Å². The van der Waals surface area contributed by atoms with Crippen LogP contribution in [0.3, 0.4) is 0 Å². The molecular weight excluding hydrogens is 282 g/mol. The van der Waals surface area contributed by atoms with Gasteiger partial charge in [-0.05, 0) is 37.6 Å². The van der Waals surface area contributed by atoms with Crippen LogP contribution in [-0.2, 0) is 6.54 Å². The Morgan fingerprint density at radius 3 is 2.77 bits per heavy atom. The van der Waals surface area contributed by atoms with Gasteiger partial charge in [-0.25, -0.2) is 4.68 Å². The Balaban J connectivity index is 2.09. The molecule has 0 atom stereocenters. The molecule has 0 spiro atoms. The van der Waals surface area contributed by atoms with E-state index in [9.17, 15) is 9.59 Å². The van der Waals surface area contributed by atoms with Crippen molar-refractivity contribution in [1.82, 2.24) is 15.1 Å². The summed E-state index contributed by atoms with van der Waals surface area (Å²) in [6.07, 6.45) is 0. The number of amides is 1. The topological polar surface area (TPSA) is 73.2 Å². The van der Waals surface area contributed by atoms with Gasteiger partial charge in [-0.2, -0.15) is 5.10 Å². The second-order valence-corrected chi connectivity index (χ2v) is 5.13. The van der Waals surface area contributed by atoms with Crippen LogP contribution >= 0.6 is 0 Å². The molecule has 116 valence electrons. The van der Waals surface area contributed by atoms with Crippen LogP contribution in [-0.4, -0.2) is 22.8 Å². The Labute approximate surface area is 128 Å². The number of hydrogen-bond donors (Lipinski definition) is 1. The maximum Gasteiger partial charge on any atom is 0.271 e. The number of carbonyl (C=O) groups excluding carboxylic acids is 1. The maximum absolute atomic E-state index is 12.1. The first-order chi connectivity index (χ1) is 10.5. The van der Waals surface area contributed by atoms with Gasteiger partial charge >= 0.3 is 0 Å². The van der Waals surface area contributed by atoms with Gasteiger partial charge in [-0.1, -0.05) is 12.1 Å². The number of rotatable bonds is 5. The van der Waals surface area contributed by atoms with Gasteiger partial charge in [0.15, 0.2) is 0 Å². The zero-order valence-corrected chi connectivity index (χ0v) is 12.9. The summed E-state index contributed by atoms with van der Waals surface area (Å²) in [5, 5.41) is 6.86. The number of hydrogen-bond acceptors (Lipinski definition) is 4. The smallest absolute Gasteiger partial charge is 0.271 e. The predicted octanol–water partition coefficient (Wildman–Crippen LogP) is 1.76. The Kier molecular flexibility index (Phi) is 4.93. The van der Waals surface area contributed by atoms with Crippen molar-refractivity contribution in [3.63, 3.8) is 0 Å². The quantitative estimate of drug-likeness (QED) is 0.913. The van der Waals surface area contributed by atoms with Crippen molar-refractivity contribution in [2.75, 3.05) is 7.11 Å². The van der Waals surface area contributed by atoms with E-state index in [1.165, 1.54) is 16.8 Å². The lowest BCUT2D eigenvalue weighted by Gasteiger charge is -2.10. The fourth-order valence-corrected chi connectivity index (χ4v) is 1.97. The number of nitrogens with one attached hydrogen (secondary N) is 1. The van der Waals surface area contributed by atoms with Crippen LogP contribution in [0.1, 0.15) is 35.9 Å². The molecule has 6 nitrogen and oxygen atoms in total. The van der Waals surface area contributed by atoms with Crippen molar-refractivity contribution in [2.24, 2.45) is 0 Å². The summed E-state index contributed by atoms with van der Waals surface area (Å²) in [6.45, 7) is 4.04. The molecule has 6 heteroatoms. The average Bonchev–Trinajstić information content (AvgIpc) is 2.53.